The van der Waals surface area contributed by atoms with Crippen molar-refractivity contribution in [3.63, 3.8) is 0 Å². The first-order valence-corrected chi connectivity index (χ1v) is 3.26. The van der Waals surface area contributed by atoms with Gasteiger partial charge >= 0.3 is 5.45 Å². The molecule has 0 aromatic carbocycles. The van der Waals surface area contributed by atoms with Crippen molar-refractivity contribution in [2.24, 2.45) is 0 Å². The Balaban J connectivity index is 4.02. The van der Waals surface area contributed by atoms with Crippen molar-refractivity contribution < 1.29 is 9.32 Å². The van der Waals surface area contributed by atoms with Crippen LogP contribution in [0.3, 0.4) is 0 Å². The monoisotopic (exact) mass is 146 g/mol. The highest BCUT2D eigenvalue weighted by molar-refractivity contribution is 7.57. The van der Waals surface area contributed by atoms with Crippen LogP contribution in [0.2, 0.25) is 0 Å². The van der Waals surface area contributed by atoms with Crippen molar-refractivity contribution >= 4 is 26.8 Å². The van der Waals surface area contributed by atoms with Gasteiger partial charge in [-0.1, -0.05) is 4.67 Å². The topological polar surface area (TPSA) is 40.4 Å². The summed E-state index contributed by atoms with van der Waals surface area (Å²) in [6.07, 6.45) is 0. The predicted molar refractivity (Wildman–Crippen MR) is 40.3 cm³/mol. The van der Waals surface area contributed by atoms with Crippen LogP contribution >= 0.6 is 8.81 Å². The molecular weight excluding hydrogens is 137 g/mol. The van der Waals surface area contributed by atoms with Gasteiger partial charge in [0.1, 0.15) is 8.81 Å². The fourth-order valence-electron chi connectivity index (χ4n) is 0.312. The van der Waals surface area contributed by atoms with E-state index in [4.69, 9.17) is 4.52 Å². The van der Waals surface area contributed by atoms with Crippen molar-refractivity contribution in [3.8, 4) is 0 Å². The Hall–Kier alpha value is -0.490. The first-order valence-electron chi connectivity index (χ1n) is 2.36. The van der Waals surface area contributed by atoms with E-state index in [9.17, 15) is 4.79 Å². The van der Waals surface area contributed by atoms with Gasteiger partial charge in [0, 0.05) is 14.0 Å². The molecule has 9 heavy (non-hydrogen) atoms. The van der Waals surface area contributed by atoms with Crippen molar-refractivity contribution in [2.75, 3.05) is 7.11 Å². The van der Waals surface area contributed by atoms with E-state index in [1.807, 2.05) is 0 Å². The molecule has 50 valence electrons. The lowest BCUT2D eigenvalue weighted by Gasteiger charge is -1.84. The fraction of sp³-hybridized carbons (Fsp3) is 0.400. The van der Waals surface area contributed by atoms with E-state index in [1.165, 1.54) is 14.0 Å². The molecule has 4 heteroatoms. The first kappa shape index (κ1) is 8.51. The van der Waals surface area contributed by atoms with Gasteiger partial charge in [-0.3, -0.25) is 4.79 Å². The summed E-state index contributed by atoms with van der Waals surface area (Å²) in [5.41, 5.74) is 0.400. The Morgan fingerprint density at radius 2 is 2.33 bits per heavy atom. The van der Waals surface area contributed by atoms with Gasteiger partial charge in [0.05, 0.1) is 0 Å². The summed E-state index contributed by atoms with van der Waals surface area (Å²) in [6.45, 7) is 4.66. The number of rotatable bonds is 3. The Labute approximate surface area is 55.7 Å². The molecule has 3 nitrogen and oxygen atoms in total. The van der Waals surface area contributed by atoms with Gasteiger partial charge in [-0.2, -0.15) is 0 Å². The molecule has 0 aliphatic rings. The van der Waals surface area contributed by atoms with Crippen molar-refractivity contribution in [1.82, 2.24) is 4.67 Å². The van der Waals surface area contributed by atoms with E-state index in [-0.39, 0.29) is 14.6 Å². The van der Waals surface area contributed by atoms with E-state index in [2.05, 4.69) is 11.4 Å². The molecule has 0 aromatic heterocycles. The lowest BCUT2D eigenvalue weighted by atomic mass is 10.5. The number of carbonyl (C=O) groups excluding carboxylic acids is 1. The summed E-state index contributed by atoms with van der Waals surface area (Å²) in [5, 5.41) is 0. The fourth-order valence-corrected chi connectivity index (χ4v) is 0.714. The normalized spacial score (nSPS) is 9.56. The van der Waals surface area contributed by atoms with Crippen LogP contribution in [0.1, 0.15) is 6.92 Å². The molecular formula is C5H9NO2P+. The van der Waals surface area contributed by atoms with E-state index in [1.54, 1.807) is 0 Å². The van der Waals surface area contributed by atoms with Crippen LogP contribution in [0.5, 0.6) is 0 Å². The molecule has 0 saturated carbocycles. The number of hydrogen-bond donors (Lipinski definition) is 0. The molecule has 1 atom stereocenters. The van der Waals surface area contributed by atoms with Crippen LogP contribution in [0.4, 0.5) is 0 Å². The highest BCUT2D eigenvalue weighted by atomic mass is 31.1. The van der Waals surface area contributed by atoms with E-state index in [0.717, 1.165) is 0 Å². The van der Waals surface area contributed by atoms with Crippen LogP contribution < -0.4 is 4.67 Å². The first-order chi connectivity index (χ1) is 4.22. The molecule has 0 heterocycles. The second-order valence-electron chi connectivity index (χ2n) is 1.37. The minimum Gasteiger partial charge on any atom is -0.353 e. The standard InChI is InChI=1S/C5H9NO2P/c1-4(7)5(6-2)9-8-3/h9H,2H2,1,3H3/q+1. The Morgan fingerprint density at radius 3 is 2.44 bits per heavy atom. The maximum atomic E-state index is 10.5. The lowest BCUT2D eigenvalue weighted by Crippen LogP contribution is -2.06. The summed E-state index contributed by atoms with van der Waals surface area (Å²) in [5.74, 6) is -0.0785. The molecule has 0 spiro atoms. The van der Waals surface area contributed by atoms with E-state index >= 15 is 0 Å². The maximum absolute atomic E-state index is 10.5. The minimum atomic E-state index is -0.0785. The van der Waals surface area contributed by atoms with Crippen molar-refractivity contribution in [2.45, 2.75) is 6.92 Å². The van der Waals surface area contributed by atoms with Crippen LogP contribution in [-0.4, -0.2) is 25.1 Å². The molecule has 0 aliphatic carbocycles. The molecule has 0 N–H and O–H groups in total. The average Bonchev–Trinajstić information content (AvgIpc) is 1.82. The quantitative estimate of drug-likeness (QED) is 0.319. The third-order valence-corrected chi connectivity index (χ3v) is 1.60. The zero-order chi connectivity index (χ0) is 7.28. The smallest absolute Gasteiger partial charge is 0.353 e. The Kier molecular flexibility index (Phi) is 4.16. The number of ketones is 1. The van der Waals surface area contributed by atoms with Crippen molar-refractivity contribution in [1.29, 1.82) is 0 Å². The van der Waals surface area contributed by atoms with Gasteiger partial charge in [-0.05, 0) is 0 Å². The van der Waals surface area contributed by atoms with Gasteiger partial charge < -0.3 is 4.52 Å². The van der Waals surface area contributed by atoms with Crippen LogP contribution in [-0.2, 0) is 9.32 Å². The lowest BCUT2D eigenvalue weighted by molar-refractivity contribution is -0.110. The predicted octanol–water partition coefficient (Wildman–Crippen LogP) is -0.0184. The maximum Gasteiger partial charge on any atom is 0.387 e. The number of carbonyl (C=O) groups is 1. The third-order valence-electron chi connectivity index (χ3n) is 0.690. The zero-order valence-electron chi connectivity index (χ0n) is 5.47. The molecule has 0 saturated heterocycles. The van der Waals surface area contributed by atoms with E-state index in [0.29, 0.717) is 5.45 Å². The highest BCUT2D eigenvalue weighted by Crippen LogP contribution is 2.09. The second kappa shape index (κ2) is 4.39. The SMILES string of the molecule is C=[N+]=C(POC)C(C)=O. The molecule has 0 amide bonds. The van der Waals surface area contributed by atoms with Crippen LogP contribution in [0.15, 0.2) is 0 Å². The van der Waals surface area contributed by atoms with Gasteiger partial charge in [-0.25, -0.2) is 0 Å². The van der Waals surface area contributed by atoms with Gasteiger partial charge in [0.2, 0.25) is 5.78 Å². The average molecular weight is 146 g/mol. The van der Waals surface area contributed by atoms with Gasteiger partial charge in [0.15, 0.2) is 0 Å². The van der Waals surface area contributed by atoms with Crippen molar-refractivity contribution in [3.05, 3.63) is 0 Å². The molecule has 0 aromatic rings. The molecule has 0 rings (SSSR count). The Bertz CT molecular complexity index is 160. The highest BCUT2D eigenvalue weighted by Gasteiger charge is 2.14. The largest absolute Gasteiger partial charge is 0.387 e. The Morgan fingerprint density at radius 1 is 1.78 bits per heavy atom. The van der Waals surface area contributed by atoms with Crippen LogP contribution in [0, 0.1) is 0 Å². The number of Topliss-reactive ketones (excluding diaryl/α,β-unsaturated/α-hetero) is 1. The molecule has 1 unspecified atom stereocenters. The number of hydrogen-bond acceptors (Lipinski definition) is 2. The van der Waals surface area contributed by atoms with Crippen LogP contribution in [0.25, 0.3) is 0 Å². The summed E-state index contributed by atoms with van der Waals surface area (Å²) in [6, 6.07) is 0. The number of nitrogens with zero attached hydrogens (tertiary/aromatic N) is 1. The summed E-state index contributed by atoms with van der Waals surface area (Å²) in [4.78, 5) is 10.5. The second-order valence-corrected chi connectivity index (χ2v) is 2.46. The molecule has 0 bridgehead atoms. The summed E-state index contributed by atoms with van der Waals surface area (Å²) < 4.78 is 8.17. The zero-order valence-corrected chi connectivity index (χ0v) is 6.47. The van der Waals surface area contributed by atoms with Gasteiger partial charge in [-0.15, -0.1) is 0 Å². The van der Waals surface area contributed by atoms with Gasteiger partial charge in [0.25, 0.3) is 6.72 Å². The molecule has 0 fully saturated rings. The summed E-state index contributed by atoms with van der Waals surface area (Å²) >= 11 is 0. The molecule has 0 aliphatic heterocycles. The van der Waals surface area contributed by atoms with E-state index < -0.39 is 0 Å². The summed E-state index contributed by atoms with van der Waals surface area (Å²) in [7, 11) is 1.54. The minimum absolute atomic E-state index is 0.0243. The molecule has 0 radical (unpaired) electrons. The third kappa shape index (κ3) is 3.15.